The Balaban J connectivity index is 2.76. The fraction of sp³-hybridized carbons (Fsp3) is 0.467. The SMILES string of the molecule is C=CCN(CCOC)c1ccc([C@H](N)CC)cc1. The molecule has 0 spiro atoms. The number of nitrogens with two attached hydrogens (primary N) is 1. The minimum absolute atomic E-state index is 0.130. The predicted molar refractivity (Wildman–Crippen MR) is 77.9 cm³/mol. The topological polar surface area (TPSA) is 38.5 Å². The maximum Gasteiger partial charge on any atom is 0.0637 e. The second-order valence-electron chi connectivity index (χ2n) is 4.33. The normalized spacial score (nSPS) is 12.2. The molecule has 0 aliphatic heterocycles. The van der Waals surface area contributed by atoms with Gasteiger partial charge in [0.15, 0.2) is 0 Å². The molecule has 0 heterocycles. The second kappa shape index (κ2) is 7.90. The van der Waals surface area contributed by atoms with Gasteiger partial charge in [0.25, 0.3) is 0 Å². The Kier molecular flexibility index (Phi) is 6.47. The Morgan fingerprint density at radius 3 is 2.56 bits per heavy atom. The lowest BCUT2D eigenvalue weighted by Gasteiger charge is -2.23. The lowest BCUT2D eigenvalue weighted by molar-refractivity contribution is 0.206. The number of methoxy groups -OCH3 is 1. The molecule has 100 valence electrons. The Bertz CT molecular complexity index is 348. The van der Waals surface area contributed by atoms with Gasteiger partial charge in [-0.2, -0.15) is 0 Å². The van der Waals surface area contributed by atoms with Gasteiger partial charge in [-0.1, -0.05) is 25.1 Å². The van der Waals surface area contributed by atoms with Crippen LogP contribution in [0.5, 0.6) is 0 Å². The Labute approximate surface area is 110 Å². The molecule has 0 aromatic heterocycles. The summed E-state index contributed by atoms with van der Waals surface area (Å²) in [4.78, 5) is 2.23. The average molecular weight is 248 g/mol. The van der Waals surface area contributed by atoms with E-state index in [1.54, 1.807) is 7.11 Å². The van der Waals surface area contributed by atoms with E-state index in [2.05, 4.69) is 42.7 Å². The van der Waals surface area contributed by atoms with Crippen LogP contribution < -0.4 is 10.6 Å². The Hall–Kier alpha value is -1.32. The first-order valence-electron chi connectivity index (χ1n) is 6.43. The van der Waals surface area contributed by atoms with Crippen molar-refractivity contribution in [1.82, 2.24) is 0 Å². The molecular formula is C15H24N2O. The number of anilines is 1. The Morgan fingerprint density at radius 1 is 1.39 bits per heavy atom. The second-order valence-corrected chi connectivity index (χ2v) is 4.33. The molecule has 1 aromatic carbocycles. The van der Waals surface area contributed by atoms with E-state index in [0.29, 0.717) is 6.61 Å². The first kappa shape index (κ1) is 14.7. The third-order valence-electron chi connectivity index (χ3n) is 3.04. The van der Waals surface area contributed by atoms with E-state index in [9.17, 15) is 0 Å². The number of rotatable bonds is 8. The molecular weight excluding hydrogens is 224 g/mol. The maximum atomic E-state index is 6.01. The smallest absolute Gasteiger partial charge is 0.0637 e. The zero-order valence-electron chi connectivity index (χ0n) is 11.4. The molecule has 0 fully saturated rings. The largest absolute Gasteiger partial charge is 0.383 e. The summed E-state index contributed by atoms with van der Waals surface area (Å²) in [6.07, 6.45) is 2.86. The summed E-state index contributed by atoms with van der Waals surface area (Å²) in [6.45, 7) is 8.29. The van der Waals surface area contributed by atoms with Crippen molar-refractivity contribution in [3.63, 3.8) is 0 Å². The fourth-order valence-corrected chi connectivity index (χ4v) is 1.85. The van der Waals surface area contributed by atoms with Gasteiger partial charge >= 0.3 is 0 Å². The maximum absolute atomic E-state index is 6.01. The Morgan fingerprint density at radius 2 is 2.06 bits per heavy atom. The number of hydrogen-bond acceptors (Lipinski definition) is 3. The van der Waals surface area contributed by atoms with Crippen LogP contribution in [0.4, 0.5) is 5.69 Å². The molecule has 0 aliphatic carbocycles. The van der Waals surface area contributed by atoms with Gasteiger partial charge in [0.2, 0.25) is 0 Å². The molecule has 0 unspecified atom stereocenters. The summed E-state index contributed by atoms with van der Waals surface area (Å²) in [5.41, 5.74) is 8.38. The third kappa shape index (κ3) is 4.17. The van der Waals surface area contributed by atoms with Crippen molar-refractivity contribution in [3.05, 3.63) is 42.5 Å². The van der Waals surface area contributed by atoms with Crippen LogP contribution in [0, 0.1) is 0 Å². The highest BCUT2D eigenvalue weighted by molar-refractivity contribution is 5.48. The van der Waals surface area contributed by atoms with Crippen molar-refractivity contribution >= 4 is 5.69 Å². The molecule has 1 atom stereocenters. The summed E-state index contributed by atoms with van der Waals surface area (Å²) >= 11 is 0. The van der Waals surface area contributed by atoms with E-state index in [1.165, 1.54) is 11.3 Å². The number of benzene rings is 1. The van der Waals surface area contributed by atoms with Crippen molar-refractivity contribution in [3.8, 4) is 0 Å². The van der Waals surface area contributed by atoms with Gasteiger partial charge < -0.3 is 15.4 Å². The highest BCUT2D eigenvalue weighted by Crippen LogP contribution is 2.19. The van der Waals surface area contributed by atoms with Crippen molar-refractivity contribution < 1.29 is 4.74 Å². The van der Waals surface area contributed by atoms with Crippen LogP contribution >= 0.6 is 0 Å². The number of nitrogens with zero attached hydrogens (tertiary/aromatic N) is 1. The van der Waals surface area contributed by atoms with Gasteiger partial charge in [0.05, 0.1) is 6.61 Å². The molecule has 0 saturated heterocycles. The number of hydrogen-bond donors (Lipinski definition) is 1. The van der Waals surface area contributed by atoms with Gasteiger partial charge in [-0.05, 0) is 24.1 Å². The van der Waals surface area contributed by atoms with E-state index < -0.39 is 0 Å². The summed E-state index contributed by atoms with van der Waals surface area (Å²) in [5.74, 6) is 0. The van der Waals surface area contributed by atoms with Gasteiger partial charge in [0.1, 0.15) is 0 Å². The first-order valence-corrected chi connectivity index (χ1v) is 6.43. The highest BCUT2D eigenvalue weighted by Gasteiger charge is 2.06. The molecule has 0 bridgehead atoms. The molecule has 1 aromatic rings. The van der Waals surface area contributed by atoms with Crippen molar-refractivity contribution in [2.45, 2.75) is 19.4 Å². The van der Waals surface area contributed by atoms with Crippen LogP contribution in [0.15, 0.2) is 36.9 Å². The van der Waals surface area contributed by atoms with E-state index in [0.717, 1.165) is 19.5 Å². The average Bonchev–Trinajstić information content (AvgIpc) is 2.43. The number of ether oxygens (including phenoxy) is 1. The van der Waals surface area contributed by atoms with Gasteiger partial charge in [-0.25, -0.2) is 0 Å². The summed E-state index contributed by atoms with van der Waals surface area (Å²) in [7, 11) is 1.72. The molecule has 0 aliphatic rings. The highest BCUT2D eigenvalue weighted by atomic mass is 16.5. The molecule has 18 heavy (non-hydrogen) atoms. The van der Waals surface area contributed by atoms with Gasteiger partial charge in [-0.15, -0.1) is 6.58 Å². The summed E-state index contributed by atoms with van der Waals surface area (Å²) in [5, 5.41) is 0. The molecule has 3 nitrogen and oxygen atoms in total. The molecule has 2 N–H and O–H groups in total. The quantitative estimate of drug-likeness (QED) is 0.719. The third-order valence-corrected chi connectivity index (χ3v) is 3.04. The van der Waals surface area contributed by atoms with Crippen LogP contribution in [0.25, 0.3) is 0 Å². The lowest BCUT2D eigenvalue weighted by Crippen LogP contribution is -2.27. The van der Waals surface area contributed by atoms with Crippen molar-refractivity contribution in [1.29, 1.82) is 0 Å². The first-order chi connectivity index (χ1) is 8.72. The van der Waals surface area contributed by atoms with E-state index in [1.807, 2.05) is 6.08 Å². The molecule has 1 rings (SSSR count). The molecule has 0 saturated carbocycles. The van der Waals surface area contributed by atoms with Crippen LogP contribution in [-0.4, -0.2) is 26.8 Å². The van der Waals surface area contributed by atoms with Crippen molar-refractivity contribution in [2.24, 2.45) is 5.73 Å². The van der Waals surface area contributed by atoms with Crippen LogP contribution in [0.3, 0.4) is 0 Å². The van der Waals surface area contributed by atoms with Gasteiger partial charge in [0, 0.05) is 31.9 Å². The summed E-state index contributed by atoms with van der Waals surface area (Å²) in [6, 6.07) is 8.57. The van der Waals surface area contributed by atoms with Gasteiger partial charge in [-0.3, -0.25) is 0 Å². The summed E-state index contributed by atoms with van der Waals surface area (Å²) < 4.78 is 5.12. The molecule has 3 heteroatoms. The monoisotopic (exact) mass is 248 g/mol. The van der Waals surface area contributed by atoms with E-state index in [-0.39, 0.29) is 6.04 Å². The minimum atomic E-state index is 0.130. The molecule has 0 radical (unpaired) electrons. The lowest BCUT2D eigenvalue weighted by atomic mass is 10.1. The van der Waals surface area contributed by atoms with E-state index in [4.69, 9.17) is 10.5 Å². The van der Waals surface area contributed by atoms with Crippen LogP contribution in [0.2, 0.25) is 0 Å². The van der Waals surface area contributed by atoms with Crippen LogP contribution in [-0.2, 0) is 4.74 Å². The fourth-order valence-electron chi connectivity index (χ4n) is 1.85. The zero-order valence-corrected chi connectivity index (χ0v) is 11.4. The van der Waals surface area contributed by atoms with Crippen molar-refractivity contribution in [2.75, 3.05) is 31.7 Å². The minimum Gasteiger partial charge on any atom is -0.383 e. The molecule has 0 amide bonds. The standard InChI is InChI=1S/C15H24N2O/c1-4-10-17(11-12-18-3)14-8-6-13(7-9-14)15(16)5-2/h4,6-9,15H,1,5,10-12,16H2,2-3H3/t15-/m1/s1. The predicted octanol–water partition coefficient (Wildman–Crippen LogP) is 2.74. The zero-order chi connectivity index (χ0) is 13.4. The van der Waals surface area contributed by atoms with Crippen LogP contribution in [0.1, 0.15) is 24.9 Å². The van der Waals surface area contributed by atoms with E-state index >= 15 is 0 Å².